The van der Waals surface area contributed by atoms with Crippen LogP contribution < -0.4 is 16.8 Å². The quantitative estimate of drug-likeness (QED) is 0.538. The molecule has 7 heteroatoms. The molecule has 1 unspecified atom stereocenters. The highest BCUT2D eigenvalue weighted by atomic mass is 35.5. The van der Waals surface area contributed by atoms with Gasteiger partial charge in [-0.25, -0.2) is 4.79 Å². The molecule has 0 aliphatic rings. The van der Waals surface area contributed by atoms with Gasteiger partial charge in [-0.15, -0.1) is 0 Å². The first kappa shape index (κ1) is 18.8. The van der Waals surface area contributed by atoms with Gasteiger partial charge in [-0.3, -0.25) is 4.79 Å². The SMILES string of the molecule is COC(=O)C(Cc1ccc(N)cc1)NC(=O)c1c(Cl)cccc1CN. The van der Waals surface area contributed by atoms with Crippen LogP contribution in [0.15, 0.2) is 42.5 Å². The van der Waals surface area contributed by atoms with E-state index in [1.54, 1.807) is 42.5 Å². The van der Waals surface area contributed by atoms with Gasteiger partial charge in [-0.1, -0.05) is 35.9 Å². The summed E-state index contributed by atoms with van der Waals surface area (Å²) >= 11 is 6.13. The van der Waals surface area contributed by atoms with Crippen LogP contribution >= 0.6 is 11.6 Å². The van der Waals surface area contributed by atoms with E-state index in [0.717, 1.165) is 5.56 Å². The lowest BCUT2D eigenvalue weighted by molar-refractivity contribution is -0.142. The molecule has 132 valence electrons. The summed E-state index contributed by atoms with van der Waals surface area (Å²) < 4.78 is 4.80. The number of ether oxygens (including phenoxy) is 1. The van der Waals surface area contributed by atoms with Gasteiger partial charge in [0.15, 0.2) is 0 Å². The number of anilines is 1. The Morgan fingerprint density at radius 3 is 2.48 bits per heavy atom. The van der Waals surface area contributed by atoms with Crippen molar-refractivity contribution in [2.75, 3.05) is 12.8 Å². The minimum absolute atomic E-state index is 0.157. The Balaban J connectivity index is 2.24. The summed E-state index contributed by atoms with van der Waals surface area (Å²) in [4.78, 5) is 24.7. The molecule has 0 saturated heterocycles. The molecule has 0 radical (unpaired) electrons. The van der Waals surface area contributed by atoms with Crippen LogP contribution in [-0.4, -0.2) is 25.0 Å². The Labute approximate surface area is 151 Å². The second-order valence-electron chi connectivity index (χ2n) is 5.47. The summed E-state index contributed by atoms with van der Waals surface area (Å²) in [7, 11) is 1.27. The van der Waals surface area contributed by atoms with Gasteiger partial charge < -0.3 is 21.5 Å². The van der Waals surface area contributed by atoms with Crippen molar-refractivity contribution in [1.29, 1.82) is 0 Å². The van der Waals surface area contributed by atoms with Crippen molar-refractivity contribution in [2.45, 2.75) is 19.0 Å². The van der Waals surface area contributed by atoms with E-state index in [9.17, 15) is 9.59 Å². The van der Waals surface area contributed by atoms with Crippen LogP contribution in [0.4, 0.5) is 5.69 Å². The van der Waals surface area contributed by atoms with Crippen LogP contribution in [0.5, 0.6) is 0 Å². The fraction of sp³-hybridized carbons (Fsp3) is 0.222. The highest BCUT2D eigenvalue weighted by molar-refractivity contribution is 6.34. The van der Waals surface area contributed by atoms with Crippen LogP contribution in [0.3, 0.4) is 0 Å². The molecule has 0 heterocycles. The van der Waals surface area contributed by atoms with E-state index in [1.165, 1.54) is 7.11 Å². The largest absolute Gasteiger partial charge is 0.467 e. The fourth-order valence-corrected chi connectivity index (χ4v) is 2.73. The van der Waals surface area contributed by atoms with Gasteiger partial charge in [0, 0.05) is 18.7 Å². The van der Waals surface area contributed by atoms with E-state index >= 15 is 0 Å². The van der Waals surface area contributed by atoms with E-state index in [0.29, 0.717) is 11.3 Å². The molecule has 0 bridgehead atoms. The maximum absolute atomic E-state index is 12.6. The molecule has 2 aromatic carbocycles. The molecule has 1 amide bonds. The van der Waals surface area contributed by atoms with Gasteiger partial charge in [0.25, 0.3) is 5.91 Å². The number of nitrogens with two attached hydrogens (primary N) is 2. The summed E-state index contributed by atoms with van der Waals surface area (Å²) in [6, 6.07) is 11.2. The van der Waals surface area contributed by atoms with Crippen LogP contribution in [0.1, 0.15) is 21.5 Å². The lowest BCUT2D eigenvalue weighted by atomic mass is 10.0. The summed E-state index contributed by atoms with van der Waals surface area (Å²) in [5, 5.41) is 2.95. The zero-order valence-electron chi connectivity index (χ0n) is 13.8. The molecule has 0 aliphatic heterocycles. The number of esters is 1. The molecule has 0 saturated carbocycles. The van der Waals surface area contributed by atoms with Crippen molar-refractivity contribution < 1.29 is 14.3 Å². The molecule has 5 N–H and O–H groups in total. The summed E-state index contributed by atoms with van der Waals surface area (Å²) in [5.74, 6) is -1.02. The average Bonchev–Trinajstić information content (AvgIpc) is 2.61. The summed E-state index contributed by atoms with van der Waals surface area (Å²) in [6.07, 6.45) is 0.265. The number of rotatable bonds is 6. The second-order valence-corrected chi connectivity index (χ2v) is 5.88. The Bertz CT molecular complexity index is 763. The number of amides is 1. The zero-order valence-corrected chi connectivity index (χ0v) is 14.5. The van der Waals surface area contributed by atoms with Crippen molar-refractivity contribution in [3.63, 3.8) is 0 Å². The molecule has 0 aromatic heterocycles. The van der Waals surface area contributed by atoms with Gasteiger partial charge >= 0.3 is 5.97 Å². The normalized spacial score (nSPS) is 11.6. The predicted octanol–water partition coefficient (Wildman–Crippen LogP) is 1.90. The van der Waals surface area contributed by atoms with Gasteiger partial charge in [-0.2, -0.15) is 0 Å². The molecular formula is C18H20ClN3O3. The molecule has 2 rings (SSSR count). The number of nitrogen functional groups attached to an aromatic ring is 1. The van der Waals surface area contributed by atoms with Crippen molar-refractivity contribution in [3.05, 3.63) is 64.2 Å². The van der Waals surface area contributed by atoms with Gasteiger partial charge in [0.05, 0.1) is 17.7 Å². The average molecular weight is 362 g/mol. The molecule has 6 nitrogen and oxygen atoms in total. The Hall–Kier alpha value is -2.57. The first-order valence-electron chi connectivity index (χ1n) is 7.66. The number of benzene rings is 2. The number of methoxy groups -OCH3 is 1. The number of carbonyl (C=O) groups excluding carboxylic acids is 2. The third kappa shape index (κ3) is 4.71. The number of nitrogens with one attached hydrogen (secondary N) is 1. The van der Waals surface area contributed by atoms with Crippen molar-refractivity contribution >= 4 is 29.2 Å². The number of hydrogen-bond acceptors (Lipinski definition) is 5. The van der Waals surface area contributed by atoms with Gasteiger partial charge in [0.1, 0.15) is 6.04 Å². The lowest BCUT2D eigenvalue weighted by Gasteiger charge is -2.18. The van der Waals surface area contributed by atoms with Crippen LogP contribution in [0.2, 0.25) is 5.02 Å². The maximum Gasteiger partial charge on any atom is 0.328 e. The van der Waals surface area contributed by atoms with E-state index in [4.69, 9.17) is 27.8 Å². The summed E-state index contributed by atoms with van der Waals surface area (Å²) in [5.41, 5.74) is 13.6. The Morgan fingerprint density at radius 1 is 1.20 bits per heavy atom. The topological polar surface area (TPSA) is 107 Å². The first-order chi connectivity index (χ1) is 12.0. The highest BCUT2D eigenvalue weighted by Gasteiger charge is 2.24. The predicted molar refractivity (Wildman–Crippen MR) is 97.2 cm³/mol. The Morgan fingerprint density at radius 2 is 1.88 bits per heavy atom. The molecule has 0 spiro atoms. The van der Waals surface area contributed by atoms with E-state index in [2.05, 4.69) is 5.32 Å². The van der Waals surface area contributed by atoms with E-state index in [-0.39, 0.29) is 23.6 Å². The van der Waals surface area contributed by atoms with Crippen molar-refractivity contribution in [2.24, 2.45) is 5.73 Å². The van der Waals surface area contributed by atoms with E-state index < -0.39 is 17.9 Å². The van der Waals surface area contributed by atoms with Crippen molar-refractivity contribution in [1.82, 2.24) is 5.32 Å². The standard InChI is InChI=1S/C18H20ClN3O3/c1-25-18(24)15(9-11-5-7-13(21)8-6-11)22-17(23)16-12(10-20)3-2-4-14(16)19/h2-8,15H,9-10,20-21H2,1H3,(H,22,23). The van der Waals surface area contributed by atoms with Crippen LogP contribution in [0.25, 0.3) is 0 Å². The second kappa shape index (κ2) is 8.50. The maximum atomic E-state index is 12.6. The van der Waals surface area contributed by atoms with Gasteiger partial charge in [-0.05, 0) is 29.3 Å². The smallest absolute Gasteiger partial charge is 0.328 e. The molecular weight excluding hydrogens is 342 g/mol. The molecule has 2 aromatic rings. The monoisotopic (exact) mass is 361 g/mol. The zero-order chi connectivity index (χ0) is 18.4. The third-order valence-corrected chi connectivity index (χ3v) is 4.07. The van der Waals surface area contributed by atoms with Crippen LogP contribution in [0, 0.1) is 0 Å². The number of carbonyl (C=O) groups is 2. The molecule has 25 heavy (non-hydrogen) atoms. The lowest BCUT2D eigenvalue weighted by Crippen LogP contribution is -2.43. The molecule has 1 atom stereocenters. The third-order valence-electron chi connectivity index (χ3n) is 3.76. The van der Waals surface area contributed by atoms with E-state index in [1.807, 2.05) is 0 Å². The number of halogens is 1. The minimum atomic E-state index is -0.858. The van der Waals surface area contributed by atoms with Gasteiger partial charge in [0.2, 0.25) is 0 Å². The fourth-order valence-electron chi connectivity index (χ4n) is 2.45. The Kier molecular flexibility index (Phi) is 6.38. The summed E-state index contributed by atoms with van der Waals surface area (Å²) in [6.45, 7) is 0.157. The molecule has 0 fully saturated rings. The first-order valence-corrected chi connectivity index (χ1v) is 8.04. The highest BCUT2D eigenvalue weighted by Crippen LogP contribution is 2.20. The number of hydrogen-bond donors (Lipinski definition) is 3. The van der Waals surface area contributed by atoms with Crippen LogP contribution in [-0.2, 0) is 22.5 Å². The molecule has 0 aliphatic carbocycles. The van der Waals surface area contributed by atoms with Crippen molar-refractivity contribution in [3.8, 4) is 0 Å². The minimum Gasteiger partial charge on any atom is -0.467 e.